The fourth-order valence-electron chi connectivity index (χ4n) is 7.21. The smallest absolute Gasteiger partial charge is 0.220 e. The number of carbonyl (C=O) groups excluding carboxylic acids is 1. The molecule has 314 valence electrons. The zero-order valence-corrected chi connectivity index (χ0v) is 34.3. The lowest BCUT2D eigenvalue weighted by Crippen LogP contribution is -2.60. The van der Waals surface area contributed by atoms with E-state index in [-0.39, 0.29) is 12.5 Å². The maximum absolute atomic E-state index is 12.9. The van der Waals surface area contributed by atoms with Crippen molar-refractivity contribution in [2.45, 2.75) is 249 Å². The van der Waals surface area contributed by atoms with Crippen molar-refractivity contribution in [1.82, 2.24) is 5.32 Å². The third-order valence-corrected chi connectivity index (χ3v) is 10.9. The summed E-state index contributed by atoms with van der Waals surface area (Å²) in [4.78, 5) is 12.9. The summed E-state index contributed by atoms with van der Waals surface area (Å²) in [6.07, 6.45) is 32.5. The van der Waals surface area contributed by atoms with Gasteiger partial charge in [-0.1, -0.05) is 193 Å². The normalized spacial score (nSPS) is 21.7. The van der Waals surface area contributed by atoms with Crippen LogP contribution in [0.2, 0.25) is 0 Å². The Morgan fingerprint density at radius 2 is 1.04 bits per heavy atom. The number of carbonyl (C=O) groups is 1. The SMILES string of the molecule is CCCCCCCCCCCCC/C=C/[C@@H](O)[C@H](CO[C@@H]1O[C@H](CO)[C@@H](O)C(O)C1O)NC(=O)CCCCCCCCCCCCCCCCCCC. The Morgan fingerprint density at radius 3 is 1.47 bits per heavy atom. The summed E-state index contributed by atoms with van der Waals surface area (Å²) < 4.78 is 11.2. The van der Waals surface area contributed by atoms with Crippen LogP contribution in [0.3, 0.4) is 0 Å². The van der Waals surface area contributed by atoms with Crippen molar-refractivity contribution in [3.8, 4) is 0 Å². The highest BCUT2D eigenvalue weighted by Crippen LogP contribution is 2.23. The van der Waals surface area contributed by atoms with Gasteiger partial charge in [-0.2, -0.15) is 0 Å². The predicted octanol–water partition coefficient (Wildman–Crippen LogP) is 8.95. The number of ether oxygens (including phenoxy) is 2. The first-order valence-electron chi connectivity index (χ1n) is 22.4. The minimum Gasteiger partial charge on any atom is -0.394 e. The Labute approximate surface area is 325 Å². The number of unbranched alkanes of at least 4 members (excludes halogenated alkanes) is 27. The van der Waals surface area contributed by atoms with Gasteiger partial charge in [0.15, 0.2) is 6.29 Å². The quantitative estimate of drug-likeness (QED) is 0.0272. The van der Waals surface area contributed by atoms with E-state index < -0.39 is 49.5 Å². The molecular formula is C44H85NO8. The largest absolute Gasteiger partial charge is 0.394 e. The van der Waals surface area contributed by atoms with Gasteiger partial charge >= 0.3 is 0 Å². The fraction of sp³-hybridized carbons (Fsp3) is 0.932. The van der Waals surface area contributed by atoms with Crippen molar-refractivity contribution >= 4 is 5.91 Å². The summed E-state index contributed by atoms with van der Waals surface area (Å²) in [7, 11) is 0. The molecule has 7 atom stereocenters. The van der Waals surface area contributed by atoms with Crippen molar-refractivity contribution < 1.29 is 39.8 Å². The molecule has 1 heterocycles. The molecule has 0 aliphatic carbocycles. The van der Waals surface area contributed by atoms with E-state index in [1.165, 1.54) is 148 Å². The Kier molecular flexibility index (Phi) is 33.3. The number of nitrogens with one attached hydrogen (secondary N) is 1. The average molecular weight is 756 g/mol. The summed E-state index contributed by atoms with van der Waals surface area (Å²) in [5.74, 6) is -0.175. The number of aliphatic hydroxyl groups excluding tert-OH is 5. The van der Waals surface area contributed by atoms with Gasteiger partial charge in [-0.05, 0) is 19.3 Å². The summed E-state index contributed by atoms with van der Waals surface area (Å²) in [6.45, 7) is 3.77. The molecule has 0 bridgehead atoms. The van der Waals surface area contributed by atoms with E-state index in [1.54, 1.807) is 6.08 Å². The Morgan fingerprint density at radius 1 is 0.623 bits per heavy atom. The van der Waals surface area contributed by atoms with E-state index in [0.29, 0.717) is 6.42 Å². The van der Waals surface area contributed by atoms with Crippen LogP contribution in [0.1, 0.15) is 206 Å². The van der Waals surface area contributed by atoms with Gasteiger partial charge in [0.1, 0.15) is 24.4 Å². The summed E-state index contributed by atoms with van der Waals surface area (Å²) >= 11 is 0. The lowest BCUT2D eigenvalue weighted by molar-refractivity contribution is -0.302. The fourth-order valence-corrected chi connectivity index (χ4v) is 7.21. The molecule has 9 heteroatoms. The number of allylic oxidation sites excluding steroid dienone is 1. The molecule has 2 unspecified atom stereocenters. The molecule has 0 aromatic rings. The van der Waals surface area contributed by atoms with Crippen LogP contribution in [0.4, 0.5) is 0 Å². The number of amides is 1. The summed E-state index contributed by atoms with van der Waals surface area (Å²) in [5, 5.41) is 54.1. The van der Waals surface area contributed by atoms with Crippen LogP contribution in [-0.4, -0.2) is 87.5 Å². The average Bonchev–Trinajstić information content (AvgIpc) is 3.16. The van der Waals surface area contributed by atoms with E-state index in [1.807, 2.05) is 6.08 Å². The molecule has 0 radical (unpaired) electrons. The Balaban J connectivity index is 2.35. The lowest BCUT2D eigenvalue weighted by atomic mass is 9.99. The van der Waals surface area contributed by atoms with E-state index in [0.717, 1.165) is 38.5 Å². The first-order valence-corrected chi connectivity index (χ1v) is 22.4. The Hall–Kier alpha value is -1.07. The third-order valence-electron chi connectivity index (χ3n) is 10.9. The molecule has 53 heavy (non-hydrogen) atoms. The molecule has 1 rings (SSSR count). The number of hydrogen-bond donors (Lipinski definition) is 6. The van der Waals surface area contributed by atoms with Gasteiger partial charge in [0, 0.05) is 6.42 Å². The molecule has 6 N–H and O–H groups in total. The molecular weight excluding hydrogens is 670 g/mol. The molecule has 1 fully saturated rings. The number of rotatable bonds is 37. The third kappa shape index (κ3) is 26.4. The highest BCUT2D eigenvalue weighted by molar-refractivity contribution is 5.76. The van der Waals surface area contributed by atoms with Crippen molar-refractivity contribution in [2.75, 3.05) is 13.2 Å². The van der Waals surface area contributed by atoms with E-state index in [2.05, 4.69) is 19.2 Å². The van der Waals surface area contributed by atoms with Crippen molar-refractivity contribution in [2.24, 2.45) is 0 Å². The molecule has 1 saturated heterocycles. The highest BCUT2D eigenvalue weighted by atomic mass is 16.7. The van der Waals surface area contributed by atoms with Crippen LogP contribution in [0.15, 0.2) is 12.2 Å². The van der Waals surface area contributed by atoms with Gasteiger partial charge in [0.2, 0.25) is 5.91 Å². The molecule has 0 saturated carbocycles. The molecule has 0 spiro atoms. The topological polar surface area (TPSA) is 149 Å². The molecule has 1 aliphatic heterocycles. The molecule has 9 nitrogen and oxygen atoms in total. The van der Waals surface area contributed by atoms with Gasteiger partial charge in [-0.3, -0.25) is 4.79 Å². The van der Waals surface area contributed by atoms with E-state index >= 15 is 0 Å². The van der Waals surface area contributed by atoms with Crippen LogP contribution < -0.4 is 5.32 Å². The van der Waals surface area contributed by atoms with Gasteiger partial charge < -0.3 is 40.3 Å². The maximum Gasteiger partial charge on any atom is 0.220 e. The number of aliphatic hydroxyl groups is 5. The van der Waals surface area contributed by atoms with Crippen LogP contribution in [0, 0.1) is 0 Å². The van der Waals surface area contributed by atoms with Crippen LogP contribution in [0.5, 0.6) is 0 Å². The second-order valence-corrected chi connectivity index (χ2v) is 15.9. The van der Waals surface area contributed by atoms with Gasteiger partial charge in [0.05, 0.1) is 25.4 Å². The van der Waals surface area contributed by atoms with Crippen LogP contribution >= 0.6 is 0 Å². The van der Waals surface area contributed by atoms with Crippen molar-refractivity contribution in [3.63, 3.8) is 0 Å². The lowest BCUT2D eigenvalue weighted by Gasteiger charge is -2.40. The second kappa shape index (κ2) is 35.4. The predicted molar refractivity (Wildman–Crippen MR) is 217 cm³/mol. The van der Waals surface area contributed by atoms with E-state index in [4.69, 9.17) is 9.47 Å². The first-order chi connectivity index (χ1) is 25.8. The summed E-state index contributed by atoms with van der Waals surface area (Å²) in [6, 6.07) is -0.797. The maximum atomic E-state index is 12.9. The highest BCUT2D eigenvalue weighted by Gasteiger charge is 2.44. The van der Waals surface area contributed by atoms with Gasteiger partial charge in [-0.25, -0.2) is 0 Å². The summed E-state index contributed by atoms with van der Waals surface area (Å²) in [5.41, 5.74) is 0. The molecule has 0 aromatic carbocycles. The standard InChI is InChI=1S/C44H85NO8/c1-3-5-7-9-11-13-15-17-18-19-20-22-24-26-28-30-32-34-40(48)45-37(36-52-44-43(51)42(50)41(49)39(35-46)53-44)38(47)33-31-29-27-25-23-21-16-14-12-10-8-6-4-2/h31,33,37-39,41-44,46-47,49-51H,3-30,32,34-36H2,1-2H3,(H,45,48)/b33-31+/t37-,38+,39+,41+,42?,43?,44+/m0/s1. The van der Waals surface area contributed by atoms with Crippen molar-refractivity contribution in [1.29, 1.82) is 0 Å². The van der Waals surface area contributed by atoms with Crippen molar-refractivity contribution in [3.05, 3.63) is 12.2 Å². The molecule has 1 amide bonds. The van der Waals surface area contributed by atoms with E-state index in [9.17, 15) is 30.3 Å². The van der Waals surface area contributed by atoms with Crippen LogP contribution in [0.25, 0.3) is 0 Å². The minimum absolute atomic E-state index is 0.175. The Bertz CT molecular complexity index is 842. The monoisotopic (exact) mass is 756 g/mol. The minimum atomic E-state index is -1.56. The molecule has 1 aliphatic rings. The van der Waals surface area contributed by atoms with Crippen LogP contribution in [-0.2, 0) is 14.3 Å². The van der Waals surface area contributed by atoms with Gasteiger partial charge in [0.25, 0.3) is 0 Å². The zero-order valence-electron chi connectivity index (χ0n) is 34.3. The molecule has 0 aromatic heterocycles. The zero-order chi connectivity index (χ0) is 38.8. The number of hydrogen-bond acceptors (Lipinski definition) is 8. The second-order valence-electron chi connectivity index (χ2n) is 15.9. The van der Waals surface area contributed by atoms with Gasteiger partial charge in [-0.15, -0.1) is 0 Å². The first kappa shape index (κ1) is 49.9.